The van der Waals surface area contributed by atoms with Gasteiger partial charge in [0.05, 0.1) is 29.6 Å². The van der Waals surface area contributed by atoms with E-state index in [0.29, 0.717) is 17.0 Å². The van der Waals surface area contributed by atoms with Crippen LogP contribution in [0.25, 0.3) is 5.52 Å². The maximum absolute atomic E-state index is 15.3. The van der Waals surface area contributed by atoms with Gasteiger partial charge in [-0.15, -0.1) is 0 Å². The van der Waals surface area contributed by atoms with Gasteiger partial charge < -0.3 is 24.5 Å². The Hall–Kier alpha value is -4.00. The van der Waals surface area contributed by atoms with Crippen LogP contribution in [0.1, 0.15) is 111 Å². The van der Waals surface area contributed by atoms with E-state index < -0.39 is 72.7 Å². The molecular weight excluding hydrogens is 725 g/mol. The maximum Gasteiger partial charge on any atom is 0.459 e. The number of nitrogens with one attached hydrogen (secondary N) is 1. The highest BCUT2D eigenvalue weighted by atomic mass is 31.2. The molecule has 55 heavy (non-hydrogen) atoms. The highest BCUT2D eigenvalue weighted by Crippen LogP contribution is 2.70. The van der Waals surface area contributed by atoms with Crippen LogP contribution in [0.2, 0.25) is 0 Å². The van der Waals surface area contributed by atoms with Gasteiger partial charge in [0.1, 0.15) is 29.7 Å². The van der Waals surface area contributed by atoms with Crippen LogP contribution in [-0.4, -0.2) is 63.0 Å². The first-order valence-corrected chi connectivity index (χ1v) is 20.9. The number of hydrogen-bond donors (Lipinski definition) is 2. The zero-order valence-electron chi connectivity index (χ0n) is 34.0. The first-order valence-electron chi connectivity index (χ1n) is 19.4. The summed E-state index contributed by atoms with van der Waals surface area (Å²) in [6, 6.07) is 8.11. The summed E-state index contributed by atoms with van der Waals surface area (Å²) in [5.41, 5.74) is 6.45. The van der Waals surface area contributed by atoms with Gasteiger partial charge in [-0.1, -0.05) is 87.3 Å². The third-order valence-corrected chi connectivity index (χ3v) is 12.7. The van der Waals surface area contributed by atoms with Crippen molar-refractivity contribution >= 4 is 37.0 Å². The molecule has 0 saturated heterocycles. The number of anilines is 1. The van der Waals surface area contributed by atoms with Crippen molar-refractivity contribution < 1.29 is 42.2 Å². The van der Waals surface area contributed by atoms with Crippen LogP contribution in [0, 0.1) is 30.6 Å². The molecule has 0 bridgehead atoms. The van der Waals surface area contributed by atoms with Crippen molar-refractivity contribution in [3.05, 3.63) is 53.5 Å². The molecule has 7 atom stereocenters. The van der Waals surface area contributed by atoms with Crippen molar-refractivity contribution in [2.45, 2.75) is 131 Å². The zero-order valence-corrected chi connectivity index (χ0v) is 34.8. The van der Waals surface area contributed by atoms with E-state index in [-0.39, 0.29) is 30.7 Å². The molecule has 2 unspecified atom stereocenters. The second-order valence-electron chi connectivity index (χ2n) is 16.3. The smallest absolute Gasteiger partial charge is 0.459 e. The number of nitrogen functional groups attached to an aromatic ring is 1. The Labute approximate surface area is 324 Å². The third kappa shape index (κ3) is 8.27. The molecule has 14 nitrogen and oxygen atoms in total. The summed E-state index contributed by atoms with van der Waals surface area (Å²) in [6.45, 7) is 20.4. The van der Waals surface area contributed by atoms with E-state index in [0.717, 1.165) is 24.0 Å². The molecule has 0 spiro atoms. The summed E-state index contributed by atoms with van der Waals surface area (Å²) in [5, 5.41) is 7.31. The fourth-order valence-electron chi connectivity index (χ4n) is 7.52. The van der Waals surface area contributed by atoms with Gasteiger partial charge in [0.2, 0.25) is 0 Å². The number of aromatic nitrogens is 3. The number of aryl methyl sites for hydroxylation is 1. The van der Waals surface area contributed by atoms with Gasteiger partial charge in [-0.25, -0.2) is 14.1 Å². The maximum atomic E-state index is 15.3. The molecule has 15 heteroatoms. The summed E-state index contributed by atoms with van der Waals surface area (Å²) >= 11 is 0. The molecule has 2 aliphatic rings. The number of nitrogens with zero attached hydrogens (tertiary/aromatic N) is 3. The Bertz CT molecular complexity index is 1940. The highest BCUT2D eigenvalue weighted by Gasteiger charge is 2.85. The average Bonchev–Trinajstić information content (AvgIpc) is 3.37. The van der Waals surface area contributed by atoms with Crippen LogP contribution in [0.5, 0.6) is 5.75 Å². The van der Waals surface area contributed by atoms with Crippen molar-refractivity contribution in [1.82, 2.24) is 19.7 Å². The predicted molar refractivity (Wildman–Crippen MR) is 207 cm³/mol. The van der Waals surface area contributed by atoms with Gasteiger partial charge in [-0.05, 0) is 61.4 Å². The minimum absolute atomic E-state index is 0.0136. The van der Waals surface area contributed by atoms with Crippen LogP contribution in [-0.2, 0) is 43.1 Å². The summed E-state index contributed by atoms with van der Waals surface area (Å²) < 4.78 is 48.2. The van der Waals surface area contributed by atoms with Crippen molar-refractivity contribution in [3.8, 4) is 5.75 Å². The monoisotopic (exact) mass is 783 g/mol. The van der Waals surface area contributed by atoms with Gasteiger partial charge in [-0.3, -0.25) is 18.9 Å². The van der Waals surface area contributed by atoms with Crippen molar-refractivity contribution in [1.29, 1.82) is 0 Å². The summed E-state index contributed by atoms with van der Waals surface area (Å²) in [7, 11) is -4.51. The largest absolute Gasteiger partial charge is 0.464 e. The van der Waals surface area contributed by atoms with E-state index >= 15 is 4.57 Å². The Morgan fingerprint density at radius 3 is 2.29 bits per heavy atom. The summed E-state index contributed by atoms with van der Waals surface area (Å²) in [4.78, 5) is 44.6. The molecule has 0 radical (unpaired) electrons. The Balaban J connectivity index is 1.60. The second-order valence-corrected chi connectivity index (χ2v) is 17.9. The van der Waals surface area contributed by atoms with Crippen LogP contribution in [0.4, 0.5) is 5.82 Å². The lowest BCUT2D eigenvalue weighted by atomic mass is 9.78. The van der Waals surface area contributed by atoms with E-state index in [9.17, 15) is 14.4 Å². The third-order valence-electron chi connectivity index (χ3n) is 11.0. The SMILES string of the molecule is CCC(CC)COC(=O)[C@H](C)NP(=O)(Oc1cc(C)ccc1C(C)C)OC1[C@H]2C[C@@](C)(c3ccc4c(N)ncnn34)[C@H](OC(=O)C(C)C)[C@@]12OC(=O)C(C)C. The Morgan fingerprint density at radius 1 is 1.00 bits per heavy atom. The molecule has 2 aromatic heterocycles. The standard InChI is InChI=1S/C40H58N5O9P/c1-12-27(13-2)20-50-37(48)26(10)44-55(49,53-31-18-25(9)14-15-28(31)22(3)4)54-33-29-19-39(11,32-17-16-30-34(41)42-21-43-45(30)32)38(51-35(46)23(5)6)40(29,33)52-36(47)24(7)8/h14-18,21-24,26-27,29,33,38H,12-13,19-20H2,1-11H3,(H,44,49)(H2,41,42,43)/t26-,29+,33?,38-,39-,40-,55?/m0/s1. The molecule has 3 aromatic rings. The second kappa shape index (κ2) is 16.2. The molecule has 2 aliphatic carbocycles. The van der Waals surface area contributed by atoms with Crippen molar-refractivity contribution in [3.63, 3.8) is 0 Å². The minimum atomic E-state index is -4.51. The molecule has 302 valence electrons. The molecular formula is C40H58N5O9P. The number of carbonyl (C=O) groups excluding carboxylic acids is 3. The van der Waals surface area contributed by atoms with Gasteiger partial charge in [-0.2, -0.15) is 10.2 Å². The van der Waals surface area contributed by atoms with Crippen molar-refractivity contribution in [2.24, 2.45) is 23.7 Å². The molecule has 5 rings (SSSR count). The van der Waals surface area contributed by atoms with Crippen LogP contribution < -0.4 is 15.3 Å². The normalized spacial score (nSPS) is 24.9. The van der Waals surface area contributed by atoms with E-state index in [4.69, 9.17) is 29.0 Å². The fraction of sp³-hybridized carbons (Fsp3) is 0.625. The van der Waals surface area contributed by atoms with Crippen LogP contribution >= 0.6 is 7.75 Å². The Morgan fingerprint density at radius 2 is 1.67 bits per heavy atom. The molecule has 2 heterocycles. The number of benzene rings is 1. The number of nitrogens with two attached hydrogens (primary N) is 1. The average molecular weight is 784 g/mol. The van der Waals surface area contributed by atoms with Gasteiger partial charge in [0.15, 0.2) is 17.5 Å². The fourth-order valence-corrected chi connectivity index (χ4v) is 9.28. The quantitative estimate of drug-likeness (QED) is 0.0806. The number of fused-ring (bicyclic) bond motifs is 2. The number of esters is 3. The number of carbonyl (C=O) groups is 3. The van der Waals surface area contributed by atoms with Crippen molar-refractivity contribution in [2.75, 3.05) is 12.3 Å². The lowest BCUT2D eigenvalue weighted by molar-refractivity contribution is -0.182. The molecule has 0 amide bonds. The number of hydrogen-bond acceptors (Lipinski definition) is 12. The van der Waals surface area contributed by atoms with E-state index in [1.165, 1.54) is 13.3 Å². The summed E-state index contributed by atoms with van der Waals surface area (Å²) in [6.07, 6.45) is 1.09. The molecule has 1 aromatic carbocycles. The minimum Gasteiger partial charge on any atom is -0.464 e. The molecule has 2 fully saturated rings. The first-order chi connectivity index (χ1) is 25.8. The lowest BCUT2D eigenvalue weighted by Crippen LogP contribution is -2.51. The van der Waals surface area contributed by atoms with Crippen LogP contribution in [0.3, 0.4) is 0 Å². The van der Waals surface area contributed by atoms with Gasteiger partial charge >= 0.3 is 25.7 Å². The zero-order chi connectivity index (χ0) is 40.6. The number of rotatable bonds is 17. The Kier molecular flexibility index (Phi) is 12.4. The predicted octanol–water partition coefficient (Wildman–Crippen LogP) is 7.07. The number of ether oxygens (including phenoxy) is 3. The highest BCUT2D eigenvalue weighted by molar-refractivity contribution is 7.52. The van der Waals surface area contributed by atoms with Gasteiger partial charge in [0, 0.05) is 5.92 Å². The summed E-state index contributed by atoms with van der Waals surface area (Å²) in [5.74, 6) is -2.66. The van der Waals surface area contributed by atoms with Crippen LogP contribution in [0.15, 0.2) is 36.7 Å². The first kappa shape index (κ1) is 42.1. The molecule has 3 N–H and O–H groups in total. The van der Waals surface area contributed by atoms with E-state index in [1.54, 1.807) is 44.3 Å². The van der Waals surface area contributed by atoms with E-state index in [1.807, 2.05) is 59.7 Å². The molecule has 0 aliphatic heterocycles. The molecule has 2 saturated carbocycles. The topological polar surface area (TPSA) is 183 Å². The van der Waals surface area contributed by atoms with E-state index in [2.05, 4.69) is 15.2 Å². The van der Waals surface area contributed by atoms with Gasteiger partial charge in [0.25, 0.3) is 0 Å². The lowest BCUT2D eigenvalue weighted by Gasteiger charge is -2.38.